The summed E-state index contributed by atoms with van der Waals surface area (Å²) in [6, 6.07) is 18.3. The lowest BCUT2D eigenvalue weighted by atomic mass is 9.92. The van der Waals surface area contributed by atoms with Crippen molar-refractivity contribution >= 4 is 22.7 Å². The number of nitrogens with one attached hydrogen (secondary N) is 2. The van der Waals surface area contributed by atoms with E-state index in [2.05, 4.69) is 40.6 Å². The molecule has 2 aromatic carbocycles. The molecule has 3 aromatic rings. The van der Waals surface area contributed by atoms with Crippen LogP contribution in [0.1, 0.15) is 61.4 Å². The van der Waals surface area contributed by atoms with Crippen LogP contribution in [-0.2, 0) is 16.0 Å². The predicted octanol–water partition coefficient (Wildman–Crippen LogP) is 4.73. The van der Waals surface area contributed by atoms with E-state index in [0.29, 0.717) is 18.9 Å². The topological polar surface area (TPSA) is 65.2 Å². The average Bonchev–Trinajstić information content (AvgIpc) is 3.48. The summed E-state index contributed by atoms with van der Waals surface area (Å²) in [6.45, 7) is 0.702. The van der Waals surface area contributed by atoms with Gasteiger partial charge < -0.3 is 15.2 Å². The number of amides is 2. The molecule has 1 aliphatic heterocycles. The van der Waals surface area contributed by atoms with Crippen molar-refractivity contribution in [3.05, 3.63) is 71.4 Å². The SMILES string of the molecule is O=C(CCC1CCCC1)NCC(=O)N1CCc2c([nH]c3ccccc23)C1c1ccccc1. The lowest BCUT2D eigenvalue weighted by molar-refractivity contribution is -0.134. The molecule has 2 heterocycles. The Bertz CT molecular complexity index is 1100. The number of carbonyl (C=O) groups is 2. The molecule has 5 nitrogen and oxygen atoms in total. The Labute approximate surface area is 189 Å². The van der Waals surface area contributed by atoms with Crippen molar-refractivity contribution in [2.75, 3.05) is 13.1 Å². The summed E-state index contributed by atoms with van der Waals surface area (Å²) in [6.07, 6.45) is 7.33. The zero-order valence-corrected chi connectivity index (χ0v) is 18.5. The largest absolute Gasteiger partial charge is 0.356 e. The minimum Gasteiger partial charge on any atom is -0.356 e. The summed E-state index contributed by atoms with van der Waals surface area (Å²) in [5.74, 6) is 0.642. The lowest BCUT2D eigenvalue weighted by Gasteiger charge is -2.36. The van der Waals surface area contributed by atoms with Crippen molar-refractivity contribution in [3.8, 4) is 0 Å². The second kappa shape index (κ2) is 9.19. The van der Waals surface area contributed by atoms with Crippen LogP contribution in [0.3, 0.4) is 0 Å². The Morgan fingerprint density at radius 2 is 1.75 bits per heavy atom. The van der Waals surface area contributed by atoms with E-state index in [9.17, 15) is 9.59 Å². The van der Waals surface area contributed by atoms with Gasteiger partial charge in [0.05, 0.1) is 12.6 Å². The number of para-hydroxylation sites is 1. The molecule has 1 fully saturated rings. The van der Waals surface area contributed by atoms with Crippen LogP contribution < -0.4 is 5.32 Å². The number of aromatic amines is 1. The fraction of sp³-hybridized carbons (Fsp3) is 0.407. The van der Waals surface area contributed by atoms with Crippen LogP contribution in [0.5, 0.6) is 0 Å². The van der Waals surface area contributed by atoms with Gasteiger partial charge in [0.2, 0.25) is 11.8 Å². The van der Waals surface area contributed by atoms with E-state index in [1.54, 1.807) is 0 Å². The van der Waals surface area contributed by atoms with E-state index in [-0.39, 0.29) is 24.4 Å². The van der Waals surface area contributed by atoms with Crippen molar-refractivity contribution in [2.45, 2.75) is 51.0 Å². The van der Waals surface area contributed by atoms with Crippen LogP contribution in [0.15, 0.2) is 54.6 Å². The number of rotatable bonds is 6. The predicted molar refractivity (Wildman–Crippen MR) is 126 cm³/mol. The third-order valence-electron chi connectivity index (χ3n) is 7.16. The van der Waals surface area contributed by atoms with Gasteiger partial charge in [-0.1, -0.05) is 74.2 Å². The number of H-pyrrole nitrogens is 1. The summed E-state index contributed by atoms with van der Waals surface area (Å²) in [4.78, 5) is 31.1. The summed E-state index contributed by atoms with van der Waals surface area (Å²) >= 11 is 0. The first-order chi connectivity index (χ1) is 15.7. The Morgan fingerprint density at radius 3 is 2.56 bits per heavy atom. The summed E-state index contributed by atoms with van der Waals surface area (Å²) in [5, 5.41) is 4.12. The third kappa shape index (κ3) is 4.16. The lowest BCUT2D eigenvalue weighted by Crippen LogP contribution is -2.45. The number of aromatic nitrogens is 1. The van der Waals surface area contributed by atoms with Crippen molar-refractivity contribution < 1.29 is 9.59 Å². The highest BCUT2D eigenvalue weighted by Crippen LogP contribution is 2.38. The fourth-order valence-electron chi connectivity index (χ4n) is 5.49. The zero-order valence-electron chi connectivity index (χ0n) is 18.5. The van der Waals surface area contributed by atoms with Crippen molar-refractivity contribution in [1.82, 2.24) is 15.2 Å². The fourth-order valence-corrected chi connectivity index (χ4v) is 5.49. The quantitative estimate of drug-likeness (QED) is 0.595. The van der Waals surface area contributed by atoms with Gasteiger partial charge in [-0.2, -0.15) is 0 Å². The van der Waals surface area contributed by atoms with Gasteiger partial charge in [0.15, 0.2) is 0 Å². The van der Waals surface area contributed by atoms with Crippen molar-refractivity contribution in [2.24, 2.45) is 5.92 Å². The smallest absolute Gasteiger partial charge is 0.242 e. The minimum absolute atomic E-state index is 0.00942. The Hall–Kier alpha value is -3.08. The number of nitrogens with zero attached hydrogens (tertiary/aromatic N) is 1. The van der Waals surface area contributed by atoms with Crippen LogP contribution in [-0.4, -0.2) is 34.8 Å². The van der Waals surface area contributed by atoms with Crippen molar-refractivity contribution in [3.63, 3.8) is 0 Å². The highest BCUT2D eigenvalue weighted by Gasteiger charge is 2.34. The van der Waals surface area contributed by atoms with E-state index in [1.165, 1.54) is 36.6 Å². The molecule has 2 aliphatic rings. The van der Waals surface area contributed by atoms with E-state index in [0.717, 1.165) is 29.6 Å². The molecule has 0 spiro atoms. The standard InChI is InChI=1S/C27H31N3O2/c31-24(15-14-19-8-4-5-9-19)28-18-25(32)30-17-16-22-21-12-6-7-13-23(21)29-26(22)27(30)20-10-2-1-3-11-20/h1-3,6-7,10-13,19,27,29H,4-5,8-9,14-18H2,(H,28,31). The molecule has 5 heteroatoms. The zero-order chi connectivity index (χ0) is 21.9. The maximum atomic E-state index is 13.3. The molecule has 0 radical (unpaired) electrons. The number of benzene rings is 2. The summed E-state index contributed by atoms with van der Waals surface area (Å²) in [7, 11) is 0. The molecule has 1 aliphatic carbocycles. The molecule has 0 saturated heterocycles. The minimum atomic E-state index is -0.171. The Kier molecular flexibility index (Phi) is 5.97. The maximum absolute atomic E-state index is 13.3. The number of carbonyl (C=O) groups excluding carboxylic acids is 2. The molecule has 2 amide bonds. The van der Waals surface area contributed by atoms with Crippen LogP contribution in [0.25, 0.3) is 10.9 Å². The normalized spacial score (nSPS) is 18.6. The molecular formula is C27H31N3O2. The van der Waals surface area contributed by atoms with Gasteiger partial charge in [-0.15, -0.1) is 0 Å². The molecule has 1 unspecified atom stereocenters. The first kappa shape index (κ1) is 20.8. The summed E-state index contributed by atoms with van der Waals surface area (Å²) in [5.41, 5.74) is 4.57. The van der Waals surface area contributed by atoms with Crippen molar-refractivity contribution in [1.29, 1.82) is 0 Å². The van der Waals surface area contributed by atoms with E-state index >= 15 is 0 Å². The highest BCUT2D eigenvalue weighted by molar-refractivity contribution is 5.88. The first-order valence-corrected chi connectivity index (χ1v) is 11.9. The van der Waals surface area contributed by atoms with Gasteiger partial charge in [-0.3, -0.25) is 9.59 Å². The average molecular weight is 430 g/mol. The van der Waals surface area contributed by atoms with Gasteiger partial charge in [-0.05, 0) is 36.0 Å². The molecule has 5 rings (SSSR count). The Morgan fingerprint density at radius 1 is 1.00 bits per heavy atom. The molecule has 0 bridgehead atoms. The first-order valence-electron chi connectivity index (χ1n) is 11.9. The number of hydrogen-bond donors (Lipinski definition) is 2. The van der Waals surface area contributed by atoms with Crippen LogP contribution in [0.4, 0.5) is 0 Å². The Balaban J connectivity index is 1.33. The van der Waals surface area contributed by atoms with Crippen LogP contribution >= 0.6 is 0 Å². The maximum Gasteiger partial charge on any atom is 0.242 e. The van der Waals surface area contributed by atoms with Crippen LogP contribution in [0.2, 0.25) is 0 Å². The van der Waals surface area contributed by atoms with Gasteiger partial charge >= 0.3 is 0 Å². The molecule has 1 aromatic heterocycles. The van der Waals surface area contributed by atoms with Gasteiger partial charge in [0.25, 0.3) is 0 Å². The second-order valence-corrected chi connectivity index (χ2v) is 9.18. The molecule has 1 saturated carbocycles. The van der Waals surface area contributed by atoms with E-state index in [1.807, 2.05) is 29.2 Å². The number of hydrogen-bond acceptors (Lipinski definition) is 2. The van der Waals surface area contributed by atoms with Crippen LogP contribution in [0, 0.1) is 5.92 Å². The van der Waals surface area contributed by atoms with E-state index < -0.39 is 0 Å². The molecule has 1 atom stereocenters. The monoisotopic (exact) mass is 429 g/mol. The molecule has 166 valence electrons. The molecule has 2 N–H and O–H groups in total. The van der Waals surface area contributed by atoms with Gasteiger partial charge in [0, 0.05) is 29.6 Å². The third-order valence-corrected chi connectivity index (χ3v) is 7.16. The highest BCUT2D eigenvalue weighted by atomic mass is 16.2. The number of fused-ring (bicyclic) bond motifs is 3. The summed E-state index contributed by atoms with van der Waals surface area (Å²) < 4.78 is 0. The van der Waals surface area contributed by atoms with Gasteiger partial charge in [-0.25, -0.2) is 0 Å². The molecule has 32 heavy (non-hydrogen) atoms. The van der Waals surface area contributed by atoms with E-state index in [4.69, 9.17) is 0 Å². The molecular weight excluding hydrogens is 398 g/mol. The second-order valence-electron chi connectivity index (χ2n) is 9.18. The van der Waals surface area contributed by atoms with Gasteiger partial charge in [0.1, 0.15) is 0 Å².